The molecule has 1 fully saturated rings. The van der Waals surface area contributed by atoms with E-state index in [1.54, 1.807) is 7.05 Å². The lowest BCUT2D eigenvalue weighted by Crippen LogP contribution is -2.38. The molecule has 0 saturated carbocycles. The van der Waals surface area contributed by atoms with Gasteiger partial charge in [-0.1, -0.05) is 48.5 Å². The van der Waals surface area contributed by atoms with Crippen molar-refractivity contribution in [3.05, 3.63) is 70.8 Å². The number of guanidine groups is 1. The van der Waals surface area contributed by atoms with Gasteiger partial charge in [0.05, 0.1) is 0 Å². The second-order valence-corrected chi connectivity index (χ2v) is 9.09. The molecule has 0 spiro atoms. The van der Waals surface area contributed by atoms with Crippen LogP contribution in [0.15, 0.2) is 53.5 Å². The maximum absolute atomic E-state index is 12.6. The average molecular weight is 448 g/mol. The van der Waals surface area contributed by atoms with Gasteiger partial charge in [0.2, 0.25) is 5.91 Å². The van der Waals surface area contributed by atoms with Gasteiger partial charge in [-0.3, -0.25) is 14.7 Å². The van der Waals surface area contributed by atoms with E-state index in [1.165, 1.54) is 48.2 Å². The largest absolute Gasteiger partial charge is 0.356 e. The molecule has 2 aliphatic heterocycles. The Hall–Kier alpha value is -2.86. The Morgan fingerprint density at radius 1 is 0.939 bits per heavy atom. The van der Waals surface area contributed by atoms with Crippen molar-refractivity contribution in [3.8, 4) is 0 Å². The summed E-state index contributed by atoms with van der Waals surface area (Å²) < 4.78 is 0. The number of carbonyl (C=O) groups excluding carboxylic acids is 1. The van der Waals surface area contributed by atoms with Crippen LogP contribution in [0.2, 0.25) is 0 Å². The lowest BCUT2D eigenvalue weighted by atomic mass is 9.99. The second-order valence-electron chi connectivity index (χ2n) is 9.09. The minimum atomic E-state index is 0.239. The Morgan fingerprint density at radius 2 is 1.67 bits per heavy atom. The van der Waals surface area contributed by atoms with Gasteiger partial charge in [-0.25, -0.2) is 0 Å². The predicted octanol–water partition coefficient (Wildman–Crippen LogP) is 3.31. The van der Waals surface area contributed by atoms with Crippen molar-refractivity contribution in [1.29, 1.82) is 0 Å². The maximum Gasteiger partial charge on any atom is 0.222 e. The van der Waals surface area contributed by atoms with E-state index in [0.29, 0.717) is 6.42 Å². The van der Waals surface area contributed by atoms with E-state index in [-0.39, 0.29) is 5.91 Å². The number of hydrogen-bond acceptors (Lipinski definition) is 3. The molecule has 176 valence electrons. The fourth-order valence-corrected chi connectivity index (χ4v) is 4.68. The first-order valence-corrected chi connectivity index (χ1v) is 12.3. The summed E-state index contributed by atoms with van der Waals surface area (Å²) in [6, 6.07) is 17.3. The lowest BCUT2D eigenvalue weighted by Gasteiger charge is -2.29. The molecule has 1 amide bonds. The first-order valence-electron chi connectivity index (χ1n) is 12.3. The number of hydrogen-bond donors (Lipinski definition) is 2. The second kappa shape index (κ2) is 11.8. The van der Waals surface area contributed by atoms with Crippen molar-refractivity contribution >= 4 is 11.9 Å². The molecule has 1 saturated heterocycles. The zero-order chi connectivity index (χ0) is 22.9. The van der Waals surface area contributed by atoms with E-state index in [9.17, 15) is 4.79 Å². The van der Waals surface area contributed by atoms with E-state index in [1.807, 2.05) is 4.90 Å². The first kappa shape index (κ1) is 23.3. The third-order valence-electron chi connectivity index (χ3n) is 6.65. The van der Waals surface area contributed by atoms with Gasteiger partial charge in [-0.2, -0.15) is 0 Å². The van der Waals surface area contributed by atoms with Crippen LogP contribution in [0, 0.1) is 0 Å². The Labute approximate surface area is 198 Å². The molecular formula is C27H37N5O. The zero-order valence-corrected chi connectivity index (χ0v) is 19.9. The highest BCUT2D eigenvalue weighted by molar-refractivity contribution is 5.80. The molecule has 2 aromatic rings. The molecule has 0 aliphatic carbocycles. The standard InChI is InChI=1S/C27H37N5O/c1-28-27(30-19-22-10-12-23(13-11-22)20-31-16-4-5-17-31)29-15-6-9-26(33)32-18-14-24-7-2-3-8-25(24)21-32/h2-3,7-8,10-13H,4-6,9,14-21H2,1H3,(H2,28,29,30). The Balaban J connectivity index is 1.13. The summed E-state index contributed by atoms with van der Waals surface area (Å²) in [4.78, 5) is 21.4. The van der Waals surface area contributed by atoms with E-state index in [0.717, 1.165) is 51.5 Å². The zero-order valence-electron chi connectivity index (χ0n) is 19.9. The number of amides is 1. The van der Waals surface area contributed by atoms with Crippen molar-refractivity contribution in [2.24, 2.45) is 4.99 Å². The van der Waals surface area contributed by atoms with Gasteiger partial charge in [0, 0.05) is 46.2 Å². The summed E-state index contributed by atoms with van der Waals surface area (Å²) in [6.45, 7) is 6.53. The Kier molecular flexibility index (Phi) is 8.36. The van der Waals surface area contributed by atoms with Crippen molar-refractivity contribution < 1.29 is 4.79 Å². The van der Waals surface area contributed by atoms with E-state index in [4.69, 9.17) is 0 Å². The summed E-state index contributed by atoms with van der Waals surface area (Å²) >= 11 is 0. The molecule has 4 rings (SSSR count). The number of aliphatic imine (C=N–C) groups is 1. The minimum absolute atomic E-state index is 0.239. The Bertz CT molecular complexity index is 934. The molecule has 6 nitrogen and oxygen atoms in total. The summed E-state index contributed by atoms with van der Waals surface area (Å²) in [7, 11) is 1.78. The molecule has 2 aliphatic rings. The SMILES string of the molecule is CN=C(NCCCC(=O)N1CCc2ccccc2C1)NCc1ccc(CN2CCCC2)cc1. The molecule has 0 aromatic heterocycles. The topological polar surface area (TPSA) is 60.0 Å². The minimum Gasteiger partial charge on any atom is -0.356 e. The van der Waals surface area contributed by atoms with Crippen LogP contribution in [0.5, 0.6) is 0 Å². The van der Waals surface area contributed by atoms with Crippen LogP contribution in [-0.4, -0.2) is 54.9 Å². The van der Waals surface area contributed by atoms with Crippen LogP contribution >= 0.6 is 0 Å². The van der Waals surface area contributed by atoms with Gasteiger partial charge < -0.3 is 15.5 Å². The fraction of sp³-hybridized carbons (Fsp3) is 0.481. The number of fused-ring (bicyclic) bond motifs is 1. The van der Waals surface area contributed by atoms with Gasteiger partial charge in [0.1, 0.15) is 0 Å². The van der Waals surface area contributed by atoms with Crippen LogP contribution in [0.4, 0.5) is 0 Å². The molecule has 2 N–H and O–H groups in total. The molecule has 0 atom stereocenters. The van der Waals surface area contributed by atoms with Crippen molar-refractivity contribution in [3.63, 3.8) is 0 Å². The molecule has 2 aromatic carbocycles. The molecular weight excluding hydrogens is 410 g/mol. The third-order valence-corrected chi connectivity index (χ3v) is 6.65. The smallest absolute Gasteiger partial charge is 0.222 e. The normalized spacial score (nSPS) is 16.5. The summed E-state index contributed by atoms with van der Waals surface area (Å²) in [5.41, 5.74) is 5.27. The fourth-order valence-electron chi connectivity index (χ4n) is 4.68. The molecule has 0 unspecified atom stereocenters. The first-order chi connectivity index (χ1) is 16.2. The molecule has 0 radical (unpaired) electrons. The number of rotatable bonds is 8. The van der Waals surface area contributed by atoms with E-state index >= 15 is 0 Å². The molecule has 0 bridgehead atoms. The average Bonchev–Trinajstić information content (AvgIpc) is 3.37. The van der Waals surface area contributed by atoms with Crippen LogP contribution < -0.4 is 10.6 Å². The highest BCUT2D eigenvalue weighted by Crippen LogP contribution is 2.19. The van der Waals surface area contributed by atoms with E-state index in [2.05, 4.69) is 69.1 Å². The van der Waals surface area contributed by atoms with Crippen molar-refractivity contribution in [1.82, 2.24) is 20.4 Å². The highest BCUT2D eigenvalue weighted by atomic mass is 16.2. The monoisotopic (exact) mass is 447 g/mol. The number of benzene rings is 2. The number of likely N-dealkylation sites (tertiary alicyclic amines) is 1. The van der Waals surface area contributed by atoms with E-state index < -0.39 is 0 Å². The number of nitrogens with one attached hydrogen (secondary N) is 2. The van der Waals surface area contributed by atoms with Crippen LogP contribution in [0.25, 0.3) is 0 Å². The number of nitrogens with zero attached hydrogens (tertiary/aromatic N) is 3. The number of carbonyl (C=O) groups is 1. The van der Waals surface area contributed by atoms with Gasteiger partial charge in [0.15, 0.2) is 5.96 Å². The van der Waals surface area contributed by atoms with Gasteiger partial charge in [0.25, 0.3) is 0 Å². The van der Waals surface area contributed by atoms with Gasteiger partial charge in [-0.05, 0) is 61.0 Å². The van der Waals surface area contributed by atoms with Gasteiger partial charge >= 0.3 is 0 Å². The van der Waals surface area contributed by atoms with Crippen molar-refractivity contribution in [2.75, 3.05) is 33.2 Å². The molecule has 33 heavy (non-hydrogen) atoms. The lowest BCUT2D eigenvalue weighted by molar-refractivity contribution is -0.132. The summed E-state index contributed by atoms with van der Waals surface area (Å²) in [5.74, 6) is 1.01. The van der Waals surface area contributed by atoms with Gasteiger partial charge in [-0.15, -0.1) is 0 Å². The predicted molar refractivity (Wildman–Crippen MR) is 134 cm³/mol. The molecule has 2 heterocycles. The molecule has 6 heteroatoms. The summed E-state index contributed by atoms with van der Waals surface area (Å²) in [6.07, 6.45) is 4.97. The van der Waals surface area contributed by atoms with Crippen LogP contribution in [-0.2, 0) is 30.8 Å². The van der Waals surface area contributed by atoms with Crippen LogP contribution in [0.3, 0.4) is 0 Å². The third kappa shape index (κ3) is 6.81. The Morgan fingerprint density at radius 3 is 2.42 bits per heavy atom. The maximum atomic E-state index is 12.6. The van der Waals surface area contributed by atoms with Crippen LogP contribution in [0.1, 0.15) is 47.9 Å². The quantitative estimate of drug-likeness (QED) is 0.370. The van der Waals surface area contributed by atoms with Crippen molar-refractivity contribution in [2.45, 2.75) is 51.7 Å². The highest BCUT2D eigenvalue weighted by Gasteiger charge is 2.19. The summed E-state index contributed by atoms with van der Waals surface area (Å²) in [5, 5.41) is 6.71.